The molecule has 0 aliphatic carbocycles. The van der Waals surface area contributed by atoms with Crippen molar-refractivity contribution >= 4 is 41.2 Å². The Hall–Kier alpha value is -3.32. The van der Waals surface area contributed by atoms with Crippen molar-refractivity contribution in [1.29, 1.82) is 0 Å². The minimum atomic E-state index is -0.811. The van der Waals surface area contributed by atoms with Gasteiger partial charge in [-0.3, -0.25) is 14.9 Å². The molecule has 1 aliphatic rings. The van der Waals surface area contributed by atoms with Crippen molar-refractivity contribution in [2.75, 3.05) is 19.1 Å². The van der Waals surface area contributed by atoms with E-state index in [1.165, 1.54) is 26.4 Å². The molecule has 1 aliphatic heterocycles. The number of nitrogens with zero attached hydrogens (tertiary/aromatic N) is 1. The first-order chi connectivity index (χ1) is 13.3. The Balaban J connectivity index is 2.05. The van der Waals surface area contributed by atoms with Gasteiger partial charge in [0.2, 0.25) is 0 Å². The molecule has 0 bridgehead atoms. The number of benzene rings is 2. The zero-order chi connectivity index (χ0) is 20.4. The van der Waals surface area contributed by atoms with Crippen LogP contribution in [0.2, 0.25) is 5.02 Å². The highest BCUT2D eigenvalue weighted by atomic mass is 35.5. The molecule has 0 saturated carbocycles. The number of hydrogen-bond donors (Lipinski definition) is 1. The van der Waals surface area contributed by atoms with Crippen LogP contribution < -0.4 is 19.7 Å². The summed E-state index contributed by atoms with van der Waals surface area (Å²) in [6, 6.07) is 9.03. The summed E-state index contributed by atoms with van der Waals surface area (Å²) < 4.78 is 10.4. The minimum absolute atomic E-state index is 0.228. The van der Waals surface area contributed by atoms with Gasteiger partial charge in [0.05, 0.1) is 24.9 Å². The molecule has 144 valence electrons. The Kier molecular flexibility index (Phi) is 5.37. The lowest BCUT2D eigenvalue weighted by Crippen LogP contribution is -2.54. The van der Waals surface area contributed by atoms with Crippen molar-refractivity contribution < 1.29 is 23.9 Å². The Morgan fingerprint density at radius 1 is 1.00 bits per heavy atom. The van der Waals surface area contributed by atoms with E-state index in [9.17, 15) is 14.4 Å². The summed E-state index contributed by atoms with van der Waals surface area (Å²) in [4.78, 5) is 38.3. The number of carbonyl (C=O) groups is 3. The molecule has 0 aromatic heterocycles. The van der Waals surface area contributed by atoms with Crippen molar-refractivity contribution in [3.63, 3.8) is 0 Å². The van der Waals surface area contributed by atoms with Crippen LogP contribution in [-0.4, -0.2) is 32.1 Å². The molecule has 3 rings (SSSR count). The maximum atomic E-state index is 12.9. The molecule has 28 heavy (non-hydrogen) atoms. The number of methoxy groups -OCH3 is 2. The number of carbonyl (C=O) groups excluding carboxylic acids is 3. The Morgan fingerprint density at radius 3 is 2.21 bits per heavy atom. The van der Waals surface area contributed by atoms with Crippen molar-refractivity contribution in [2.45, 2.75) is 6.92 Å². The van der Waals surface area contributed by atoms with Gasteiger partial charge in [0.1, 0.15) is 5.57 Å². The summed E-state index contributed by atoms with van der Waals surface area (Å²) in [5.74, 6) is -0.757. The second-order valence-corrected chi connectivity index (χ2v) is 6.43. The van der Waals surface area contributed by atoms with Gasteiger partial charge in [-0.15, -0.1) is 0 Å². The Labute approximate surface area is 166 Å². The summed E-state index contributed by atoms with van der Waals surface area (Å²) in [6.45, 7) is 1.88. The van der Waals surface area contributed by atoms with Crippen LogP contribution in [0.1, 0.15) is 11.1 Å². The molecule has 0 unspecified atom stereocenters. The van der Waals surface area contributed by atoms with Crippen molar-refractivity contribution in [3.8, 4) is 11.5 Å². The van der Waals surface area contributed by atoms with Gasteiger partial charge >= 0.3 is 6.03 Å². The van der Waals surface area contributed by atoms with Gasteiger partial charge in [0.15, 0.2) is 11.5 Å². The molecule has 4 amide bonds. The van der Waals surface area contributed by atoms with Crippen molar-refractivity contribution in [3.05, 3.63) is 58.1 Å². The first-order valence-corrected chi connectivity index (χ1v) is 8.63. The van der Waals surface area contributed by atoms with E-state index in [0.717, 1.165) is 10.5 Å². The van der Waals surface area contributed by atoms with E-state index >= 15 is 0 Å². The highest BCUT2D eigenvalue weighted by molar-refractivity contribution is 6.40. The molecule has 1 heterocycles. The van der Waals surface area contributed by atoms with Crippen molar-refractivity contribution in [1.82, 2.24) is 5.32 Å². The fourth-order valence-corrected chi connectivity index (χ4v) is 2.93. The predicted octanol–water partition coefficient (Wildman–Crippen LogP) is 3.33. The van der Waals surface area contributed by atoms with E-state index in [1.807, 2.05) is 6.92 Å². The van der Waals surface area contributed by atoms with Crippen LogP contribution in [0.25, 0.3) is 6.08 Å². The molecule has 8 heteroatoms. The maximum Gasteiger partial charge on any atom is 0.335 e. The number of nitrogens with one attached hydrogen (secondary N) is 1. The van der Waals surface area contributed by atoms with E-state index in [4.69, 9.17) is 21.1 Å². The third kappa shape index (κ3) is 3.57. The number of hydrogen-bond acceptors (Lipinski definition) is 5. The number of aryl methyl sites for hydroxylation is 1. The number of amides is 4. The monoisotopic (exact) mass is 400 g/mol. The molecule has 0 atom stereocenters. The Morgan fingerprint density at radius 2 is 1.61 bits per heavy atom. The van der Waals surface area contributed by atoms with E-state index in [2.05, 4.69) is 5.32 Å². The van der Waals surface area contributed by atoms with Crippen LogP contribution in [0, 0.1) is 6.92 Å². The highest BCUT2D eigenvalue weighted by Crippen LogP contribution is 2.34. The first kappa shape index (κ1) is 19.4. The molecular formula is C20H17ClN2O5. The molecule has 0 spiro atoms. The van der Waals surface area contributed by atoms with Gasteiger partial charge in [-0.2, -0.15) is 0 Å². The fraction of sp³-hybridized carbons (Fsp3) is 0.150. The number of barbiturate groups is 1. The van der Waals surface area contributed by atoms with Crippen molar-refractivity contribution in [2.24, 2.45) is 0 Å². The lowest BCUT2D eigenvalue weighted by Gasteiger charge is -2.26. The zero-order valence-corrected chi connectivity index (χ0v) is 16.2. The summed E-state index contributed by atoms with van der Waals surface area (Å²) in [7, 11) is 2.93. The average Bonchev–Trinajstić information content (AvgIpc) is 2.67. The normalized spacial score (nSPS) is 15.6. The number of ether oxygens (including phenoxy) is 2. The molecule has 2 aromatic carbocycles. The zero-order valence-electron chi connectivity index (χ0n) is 15.4. The molecule has 0 radical (unpaired) electrons. The number of urea groups is 1. The van der Waals surface area contributed by atoms with E-state index < -0.39 is 17.8 Å². The Bertz CT molecular complexity index is 998. The summed E-state index contributed by atoms with van der Waals surface area (Å²) in [5, 5.41) is 2.43. The largest absolute Gasteiger partial charge is 0.493 e. The maximum absolute atomic E-state index is 12.9. The van der Waals surface area contributed by atoms with Crippen LogP contribution >= 0.6 is 11.6 Å². The third-order valence-corrected chi connectivity index (χ3v) is 4.52. The standard InChI is InChI=1S/C20H17ClN2O5/c1-11-4-6-13(7-5-11)23-19(25)14(18(24)22-20(23)26)8-12-9-16(27-2)17(28-3)10-15(12)21/h4-10H,1-3H3,(H,22,24,26)/b14-8+. The summed E-state index contributed by atoms with van der Waals surface area (Å²) >= 11 is 6.25. The van der Waals surface area contributed by atoms with Gasteiger partial charge in [-0.05, 0) is 36.8 Å². The third-order valence-electron chi connectivity index (χ3n) is 4.20. The topological polar surface area (TPSA) is 84.9 Å². The van der Waals surface area contributed by atoms with Crippen LogP contribution in [0.3, 0.4) is 0 Å². The second kappa shape index (κ2) is 7.74. The number of rotatable bonds is 4. The number of halogens is 1. The molecule has 2 aromatic rings. The van der Waals surface area contributed by atoms with E-state index in [0.29, 0.717) is 22.7 Å². The quantitative estimate of drug-likeness (QED) is 0.628. The summed E-state index contributed by atoms with van der Waals surface area (Å²) in [6.07, 6.45) is 1.32. The van der Waals surface area contributed by atoms with Gasteiger partial charge in [0.25, 0.3) is 11.8 Å². The predicted molar refractivity (Wildman–Crippen MR) is 105 cm³/mol. The second-order valence-electron chi connectivity index (χ2n) is 6.02. The first-order valence-electron chi connectivity index (χ1n) is 8.25. The van der Waals surface area contributed by atoms with Crippen LogP contribution in [-0.2, 0) is 9.59 Å². The molecule has 1 N–H and O–H groups in total. The average molecular weight is 401 g/mol. The molecule has 1 saturated heterocycles. The van der Waals surface area contributed by atoms with Crippen LogP contribution in [0.5, 0.6) is 11.5 Å². The van der Waals surface area contributed by atoms with Crippen LogP contribution in [0.15, 0.2) is 42.0 Å². The van der Waals surface area contributed by atoms with E-state index in [-0.39, 0.29) is 10.6 Å². The minimum Gasteiger partial charge on any atom is -0.493 e. The molecule has 7 nitrogen and oxygen atoms in total. The van der Waals surface area contributed by atoms with Crippen LogP contribution in [0.4, 0.5) is 10.5 Å². The lowest BCUT2D eigenvalue weighted by atomic mass is 10.1. The summed E-state index contributed by atoms with van der Waals surface area (Å²) in [5.41, 5.74) is 1.47. The highest BCUT2D eigenvalue weighted by Gasteiger charge is 2.36. The van der Waals surface area contributed by atoms with E-state index in [1.54, 1.807) is 30.3 Å². The number of anilines is 1. The fourth-order valence-electron chi connectivity index (χ4n) is 2.72. The van der Waals surface area contributed by atoms with Gasteiger partial charge in [-0.25, -0.2) is 9.69 Å². The SMILES string of the molecule is COc1cc(Cl)c(/C=C2\C(=O)NC(=O)N(c3ccc(C)cc3)C2=O)cc1OC. The lowest BCUT2D eigenvalue weighted by molar-refractivity contribution is -0.122. The molecule has 1 fully saturated rings. The van der Waals surface area contributed by atoms with Gasteiger partial charge in [-0.1, -0.05) is 29.3 Å². The van der Waals surface area contributed by atoms with Gasteiger partial charge in [0, 0.05) is 6.07 Å². The van der Waals surface area contributed by atoms with Gasteiger partial charge < -0.3 is 9.47 Å². The molecular weight excluding hydrogens is 384 g/mol. The smallest absolute Gasteiger partial charge is 0.335 e. The number of imide groups is 2.